The molecule has 0 unspecified atom stereocenters. The molecule has 3 amide bonds. The van der Waals surface area contributed by atoms with Crippen LogP contribution in [0, 0.1) is 12.3 Å². The third-order valence-corrected chi connectivity index (χ3v) is 6.64. The summed E-state index contributed by atoms with van der Waals surface area (Å²) in [5.74, 6) is -1.05. The lowest BCUT2D eigenvalue weighted by Crippen LogP contribution is -2.61. The first-order valence-corrected chi connectivity index (χ1v) is 9.49. The molecular weight excluding hydrogens is 348 g/mol. The molecule has 2 N–H and O–H groups in total. The SMILES string of the molecule is Cc1cn(C2CC3(CNC3)C2)c(=O)c2c1C(=O)N([C@H]1CCC(=O)NC1=O)C2. The van der Waals surface area contributed by atoms with Gasteiger partial charge in [-0.25, -0.2) is 0 Å². The molecule has 2 saturated heterocycles. The van der Waals surface area contributed by atoms with Crippen molar-refractivity contribution in [3.63, 3.8) is 0 Å². The molecule has 3 aliphatic heterocycles. The second-order valence-corrected chi connectivity index (χ2v) is 8.44. The van der Waals surface area contributed by atoms with Crippen molar-refractivity contribution in [3.8, 4) is 0 Å². The van der Waals surface area contributed by atoms with Gasteiger partial charge in [0.15, 0.2) is 0 Å². The van der Waals surface area contributed by atoms with Crippen LogP contribution in [0.5, 0.6) is 0 Å². The third-order valence-electron chi connectivity index (χ3n) is 6.64. The van der Waals surface area contributed by atoms with Gasteiger partial charge in [-0.3, -0.25) is 24.5 Å². The zero-order valence-corrected chi connectivity index (χ0v) is 15.2. The van der Waals surface area contributed by atoms with E-state index < -0.39 is 11.9 Å². The van der Waals surface area contributed by atoms with Gasteiger partial charge in [-0.2, -0.15) is 0 Å². The van der Waals surface area contributed by atoms with E-state index in [1.807, 2.05) is 6.92 Å². The predicted octanol–water partition coefficient (Wildman–Crippen LogP) is -0.158. The van der Waals surface area contributed by atoms with Gasteiger partial charge in [0, 0.05) is 37.3 Å². The van der Waals surface area contributed by atoms with Gasteiger partial charge < -0.3 is 14.8 Å². The van der Waals surface area contributed by atoms with Crippen LogP contribution in [0.1, 0.15) is 53.2 Å². The first-order chi connectivity index (χ1) is 12.9. The minimum atomic E-state index is -0.692. The lowest BCUT2D eigenvalue weighted by Gasteiger charge is -2.54. The maximum atomic E-state index is 13.1. The number of hydrogen-bond acceptors (Lipinski definition) is 5. The second kappa shape index (κ2) is 5.51. The van der Waals surface area contributed by atoms with E-state index in [2.05, 4.69) is 10.6 Å². The molecule has 4 aliphatic rings. The summed E-state index contributed by atoms with van der Waals surface area (Å²) in [5, 5.41) is 5.59. The number of hydrogen-bond donors (Lipinski definition) is 2. The smallest absolute Gasteiger partial charge is 0.256 e. The summed E-state index contributed by atoms with van der Waals surface area (Å²) < 4.78 is 1.79. The number of pyridine rings is 1. The number of fused-ring (bicyclic) bond motifs is 1. The molecule has 1 spiro atoms. The lowest BCUT2D eigenvalue weighted by atomic mass is 9.61. The van der Waals surface area contributed by atoms with E-state index >= 15 is 0 Å². The minimum Gasteiger partial charge on any atom is -0.322 e. The van der Waals surface area contributed by atoms with Gasteiger partial charge in [-0.1, -0.05) is 0 Å². The van der Waals surface area contributed by atoms with Crippen LogP contribution in [0.3, 0.4) is 0 Å². The molecule has 1 aliphatic carbocycles. The molecule has 0 aromatic carbocycles. The molecule has 142 valence electrons. The quantitative estimate of drug-likeness (QED) is 0.705. The van der Waals surface area contributed by atoms with Gasteiger partial charge in [-0.05, 0) is 37.2 Å². The monoisotopic (exact) mass is 370 g/mol. The molecule has 1 aromatic rings. The highest BCUT2D eigenvalue weighted by Gasteiger charge is 2.50. The summed E-state index contributed by atoms with van der Waals surface area (Å²) in [4.78, 5) is 51.0. The molecule has 0 bridgehead atoms. The van der Waals surface area contributed by atoms with Crippen LogP contribution < -0.4 is 16.2 Å². The summed E-state index contributed by atoms with van der Waals surface area (Å²) in [5.41, 5.74) is 1.92. The van der Waals surface area contributed by atoms with E-state index in [0.717, 1.165) is 31.5 Å². The fourth-order valence-corrected chi connectivity index (χ4v) is 5.07. The molecule has 27 heavy (non-hydrogen) atoms. The number of rotatable bonds is 2. The number of imide groups is 1. The normalized spacial score (nSPS) is 26.6. The number of piperidine rings is 1. The van der Waals surface area contributed by atoms with Gasteiger partial charge in [-0.15, -0.1) is 0 Å². The van der Waals surface area contributed by atoms with Crippen molar-refractivity contribution < 1.29 is 14.4 Å². The fraction of sp³-hybridized carbons (Fsp3) is 0.579. The Bertz CT molecular complexity index is 938. The van der Waals surface area contributed by atoms with E-state index in [-0.39, 0.29) is 36.4 Å². The highest BCUT2D eigenvalue weighted by Crippen LogP contribution is 2.50. The molecule has 3 fully saturated rings. The Kier molecular flexibility index (Phi) is 3.40. The zero-order chi connectivity index (χ0) is 18.9. The Morgan fingerprint density at radius 2 is 1.89 bits per heavy atom. The average Bonchev–Trinajstić information content (AvgIpc) is 2.87. The Morgan fingerprint density at radius 1 is 1.15 bits per heavy atom. The number of aromatic nitrogens is 1. The van der Waals surface area contributed by atoms with Crippen LogP contribution in [0.25, 0.3) is 0 Å². The molecule has 0 radical (unpaired) electrons. The highest BCUT2D eigenvalue weighted by atomic mass is 16.2. The van der Waals surface area contributed by atoms with Crippen molar-refractivity contribution in [2.24, 2.45) is 5.41 Å². The van der Waals surface area contributed by atoms with Crippen molar-refractivity contribution in [1.82, 2.24) is 20.1 Å². The van der Waals surface area contributed by atoms with E-state index in [1.165, 1.54) is 4.90 Å². The van der Waals surface area contributed by atoms with Crippen LogP contribution in [0.2, 0.25) is 0 Å². The van der Waals surface area contributed by atoms with E-state index in [9.17, 15) is 19.2 Å². The van der Waals surface area contributed by atoms with Crippen LogP contribution in [-0.2, 0) is 16.1 Å². The van der Waals surface area contributed by atoms with Crippen molar-refractivity contribution >= 4 is 17.7 Å². The average molecular weight is 370 g/mol. The predicted molar refractivity (Wildman–Crippen MR) is 95.1 cm³/mol. The molecule has 1 atom stereocenters. The Hall–Kier alpha value is -2.48. The summed E-state index contributed by atoms with van der Waals surface area (Å²) in [6.07, 6.45) is 4.29. The number of amides is 3. The molecule has 8 heteroatoms. The van der Waals surface area contributed by atoms with Gasteiger partial charge >= 0.3 is 0 Å². The molecular formula is C19H22N4O4. The van der Waals surface area contributed by atoms with Crippen molar-refractivity contribution in [3.05, 3.63) is 33.2 Å². The molecule has 8 nitrogen and oxygen atoms in total. The fourth-order valence-electron chi connectivity index (χ4n) is 5.07. The number of aryl methyl sites for hydroxylation is 1. The molecule has 1 saturated carbocycles. The Balaban J connectivity index is 1.45. The van der Waals surface area contributed by atoms with Crippen molar-refractivity contribution in [1.29, 1.82) is 0 Å². The van der Waals surface area contributed by atoms with Gasteiger partial charge in [0.1, 0.15) is 6.04 Å². The van der Waals surface area contributed by atoms with Crippen molar-refractivity contribution in [2.75, 3.05) is 13.1 Å². The summed E-state index contributed by atoms with van der Waals surface area (Å²) in [6.45, 7) is 4.02. The molecule has 5 rings (SSSR count). The van der Waals surface area contributed by atoms with Crippen LogP contribution in [0.4, 0.5) is 0 Å². The van der Waals surface area contributed by atoms with Crippen molar-refractivity contribution in [2.45, 2.75) is 51.2 Å². The zero-order valence-electron chi connectivity index (χ0n) is 15.2. The Labute approximate surface area is 155 Å². The van der Waals surface area contributed by atoms with Crippen LogP contribution in [0.15, 0.2) is 11.0 Å². The highest BCUT2D eigenvalue weighted by molar-refractivity contribution is 6.05. The maximum Gasteiger partial charge on any atom is 0.256 e. The largest absolute Gasteiger partial charge is 0.322 e. The summed E-state index contributed by atoms with van der Waals surface area (Å²) in [6, 6.07) is -0.508. The first kappa shape index (κ1) is 16.7. The maximum absolute atomic E-state index is 13.1. The number of carbonyl (C=O) groups is 3. The van der Waals surface area contributed by atoms with E-state index in [0.29, 0.717) is 23.0 Å². The number of carbonyl (C=O) groups excluding carboxylic acids is 3. The summed E-state index contributed by atoms with van der Waals surface area (Å²) in [7, 11) is 0. The minimum absolute atomic E-state index is 0.120. The van der Waals surface area contributed by atoms with E-state index in [4.69, 9.17) is 0 Å². The summed E-state index contributed by atoms with van der Waals surface area (Å²) >= 11 is 0. The number of nitrogens with one attached hydrogen (secondary N) is 2. The number of nitrogens with zero attached hydrogens (tertiary/aromatic N) is 2. The Morgan fingerprint density at radius 3 is 2.52 bits per heavy atom. The molecule has 4 heterocycles. The van der Waals surface area contributed by atoms with Gasteiger partial charge in [0.25, 0.3) is 11.5 Å². The molecule has 1 aromatic heterocycles. The van der Waals surface area contributed by atoms with Gasteiger partial charge in [0.05, 0.1) is 12.1 Å². The topological polar surface area (TPSA) is 101 Å². The lowest BCUT2D eigenvalue weighted by molar-refractivity contribution is -0.136. The third kappa shape index (κ3) is 2.32. The van der Waals surface area contributed by atoms with Crippen LogP contribution in [-0.4, -0.2) is 46.3 Å². The van der Waals surface area contributed by atoms with E-state index in [1.54, 1.807) is 10.8 Å². The second-order valence-electron chi connectivity index (χ2n) is 8.44. The first-order valence-electron chi connectivity index (χ1n) is 9.49. The van der Waals surface area contributed by atoms with Crippen LogP contribution >= 0.6 is 0 Å². The standard InChI is InChI=1S/C19H22N4O4/c1-10-6-22(11-4-19(5-11)8-20-9-19)17(26)12-7-23(18(27)15(10)12)13-2-3-14(24)21-16(13)25/h6,11,13,20H,2-5,7-9H2,1H3,(H,21,24,25)/t13-/m0/s1. The van der Waals surface area contributed by atoms with Gasteiger partial charge in [0.2, 0.25) is 11.8 Å².